The molecular formula is C97H88ClN3O15S. The summed E-state index contributed by atoms with van der Waals surface area (Å²) in [5.41, 5.74) is 21.6. The molecule has 18 nitrogen and oxygen atoms in total. The van der Waals surface area contributed by atoms with Gasteiger partial charge in [0.25, 0.3) is 10.4 Å². The van der Waals surface area contributed by atoms with E-state index in [9.17, 15) is 48.4 Å². The van der Waals surface area contributed by atoms with Crippen molar-refractivity contribution in [1.29, 1.82) is 0 Å². The number of methoxy groups -OCH3 is 4. The number of halogens is 1. The fraction of sp³-hybridized carbons (Fsp3) is 0.144. The SMILES string of the molecule is CC(=O)OS(=O)(=O)[O-].COc1ccc2c(cc[n+]3c(C)c4cc(CO)c(CO)c(-c5ccc(-c6ccccc6)cc5)c4cc23)c1OC.COc1ccc2c(cc[n+]3cc4cc(CO)c(CO)c(-c5ccc(-c6ccccc6)cc5)c4cc23)c1OC.Cc1ccc2c(cc[n+]3c(C)c4cc(CO)c(CO)cc4c(-c4ccccc4)c23)c1.[CH3-].[Cl-]. The molecule has 17 rings (SSSR count). The van der Waals surface area contributed by atoms with Crippen LogP contribution in [0.2, 0.25) is 0 Å². The van der Waals surface area contributed by atoms with Crippen LogP contribution in [0.4, 0.5) is 0 Å². The average molecular weight is 1600 g/mol. The van der Waals surface area contributed by atoms with Gasteiger partial charge in [-0.3, -0.25) is 4.79 Å². The van der Waals surface area contributed by atoms with Crippen LogP contribution in [0.1, 0.15) is 57.3 Å². The summed E-state index contributed by atoms with van der Waals surface area (Å²) < 4.78 is 60.5. The summed E-state index contributed by atoms with van der Waals surface area (Å²) in [6, 6.07) is 80.9. The Balaban J connectivity index is 0.000000154. The Hall–Kier alpha value is -12.5. The van der Waals surface area contributed by atoms with E-state index >= 15 is 0 Å². The zero-order chi connectivity index (χ0) is 80.9. The number of ether oxygens (including phenoxy) is 4. The van der Waals surface area contributed by atoms with Crippen LogP contribution in [0.15, 0.2) is 261 Å². The molecule has 0 fully saturated rings. The predicted octanol–water partition coefficient (Wildman–Crippen LogP) is 13.9. The van der Waals surface area contributed by atoms with Gasteiger partial charge in [0.1, 0.15) is 0 Å². The second kappa shape index (κ2) is 36.1. The second-order valence-corrected chi connectivity index (χ2v) is 28.9. The number of aliphatic hydroxyl groups is 6. The number of aliphatic hydroxyl groups excluding tert-OH is 6. The minimum atomic E-state index is -4.82. The van der Waals surface area contributed by atoms with E-state index in [4.69, 9.17) is 18.9 Å². The number of carbonyl (C=O) groups is 1. The number of carbonyl (C=O) groups excluding carboxylic acids is 1. The zero-order valence-electron chi connectivity index (χ0n) is 66.1. The molecule has 0 aliphatic heterocycles. The van der Waals surface area contributed by atoms with E-state index < -0.39 is 16.4 Å². The summed E-state index contributed by atoms with van der Waals surface area (Å²) in [6.07, 6.45) is 8.26. The van der Waals surface area contributed by atoms with Gasteiger partial charge in [-0.1, -0.05) is 157 Å². The topological polar surface area (TPSA) is 254 Å². The normalized spacial score (nSPS) is 11.2. The maximum absolute atomic E-state index is 10.5. The molecule has 594 valence electrons. The highest BCUT2D eigenvalue weighted by Crippen LogP contribution is 2.44. The maximum Gasteiger partial charge on any atom is 0.318 e. The van der Waals surface area contributed by atoms with Crippen LogP contribution in [0.3, 0.4) is 0 Å². The highest BCUT2D eigenvalue weighted by atomic mass is 35.5. The third-order valence-electron chi connectivity index (χ3n) is 21.4. The fourth-order valence-electron chi connectivity index (χ4n) is 15.9. The van der Waals surface area contributed by atoms with Crippen molar-refractivity contribution < 1.29 is 97.1 Å². The molecule has 0 unspecified atom stereocenters. The van der Waals surface area contributed by atoms with Crippen LogP contribution in [-0.2, 0) is 59.0 Å². The number of nitrogens with zero attached hydrogens (tertiary/aromatic N) is 3. The highest BCUT2D eigenvalue weighted by Gasteiger charge is 2.28. The standard InChI is InChI=1S/C34H30NO4.C33H28NO4.C27H24NO2.C2H4O5S.CH3.ClH/c1-21-28-17-25(19-36)30(20-37)33(24-11-9-23(10-12-24)22-7-5-4-6-8-22)29(28)18-31-26-13-14-32(38-2)34(39-3)27(26)15-16-35(21)31;1-37-31-13-12-26-27(33(31)38-2)14-15-34-18-24-16-25(19-35)29(20-36)32(28(24)17-30(26)34)23-10-8-22(9-11-23)21-6-4-3-5-7-21;1-17-8-9-23-20(12-17)10-11-28-18(2)24-13-21(15-29)22(16-30)14-25(24)26(27(23)28)19-6-4-3-5-7-19;1-2(3)7-8(4,5)6;;/h4-18,36-37H,19-20H2,1-3H3;3-18,35-36H,19-20H2,1-2H3;3-14,29-30H,15-16H2,1-2H3;1H3,(H,4,5,6);1H3;1H/q3*+1;;-1;/p-2. The number of hydrogen-bond acceptors (Lipinski definition) is 15. The third-order valence-corrected chi connectivity index (χ3v) is 21.8. The van der Waals surface area contributed by atoms with Crippen molar-refractivity contribution in [2.75, 3.05) is 28.4 Å². The molecule has 6 heterocycles. The van der Waals surface area contributed by atoms with Gasteiger partial charge < -0.3 is 78.2 Å². The Morgan fingerprint density at radius 2 is 0.786 bits per heavy atom. The summed E-state index contributed by atoms with van der Waals surface area (Å²) in [4.78, 5) is 9.66. The maximum atomic E-state index is 10.5. The van der Waals surface area contributed by atoms with Gasteiger partial charge in [-0.15, -0.1) is 0 Å². The molecule has 117 heavy (non-hydrogen) atoms. The molecule has 0 saturated heterocycles. The highest BCUT2D eigenvalue weighted by molar-refractivity contribution is 7.81. The van der Waals surface area contributed by atoms with Crippen LogP contribution >= 0.6 is 0 Å². The Labute approximate surface area is 684 Å². The van der Waals surface area contributed by atoms with E-state index in [2.05, 4.69) is 190 Å². The molecule has 11 aromatic carbocycles. The van der Waals surface area contributed by atoms with Crippen LogP contribution < -0.4 is 44.6 Å². The minimum absolute atomic E-state index is 0. The lowest BCUT2D eigenvalue weighted by Crippen LogP contribution is -3.00. The van der Waals surface area contributed by atoms with Gasteiger partial charge in [0.15, 0.2) is 59.2 Å². The van der Waals surface area contributed by atoms with Crippen molar-refractivity contribution in [3.05, 3.63) is 319 Å². The molecule has 0 bridgehead atoms. The van der Waals surface area contributed by atoms with Gasteiger partial charge in [0, 0.05) is 83.4 Å². The number of fused-ring (bicyclic) bond motifs is 12. The van der Waals surface area contributed by atoms with Gasteiger partial charge in [-0.25, -0.2) is 8.42 Å². The Morgan fingerprint density at radius 3 is 1.26 bits per heavy atom. The van der Waals surface area contributed by atoms with E-state index in [-0.39, 0.29) is 59.5 Å². The molecule has 0 saturated carbocycles. The molecule has 0 atom stereocenters. The van der Waals surface area contributed by atoms with E-state index in [0.717, 1.165) is 172 Å². The lowest BCUT2D eigenvalue weighted by molar-refractivity contribution is -0.516. The van der Waals surface area contributed by atoms with Crippen molar-refractivity contribution in [3.63, 3.8) is 0 Å². The summed E-state index contributed by atoms with van der Waals surface area (Å²) in [5.74, 6) is 1.62. The number of aryl methyl sites for hydroxylation is 3. The van der Waals surface area contributed by atoms with E-state index in [1.165, 1.54) is 16.3 Å². The van der Waals surface area contributed by atoms with E-state index in [1.807, 2.05) is 109 Å². The second-order valence-electron chi connectivity index (χ2n) is 27.9. The van der Waals surface area contributed by atoms with Gasteiger partial charge in [-0.2, -0.15) is 13.2 Å². The average Bonchev–Trinajstić information content (AvgIpc) is 0.773. The molecule has 0 aliphatic carbocycles. The Bertz CT molecular complexity index is 6720. The van der Waals surface area contributed by atoms with Gasteiger partial charge >= 0.3 is 5.97 Å². The minimum Gasteiger partial charge on any atom is -1.00 e. The molecular weight excluding hydrogens is 1510 g/mol. The molecule has 0 aliphatic rings. The summed E-state index contributed by atoms with van der Waals surface area (Å²) in [5, 5.41) is 73.8. The first kappa shape index (κ1) is 83.9. The lowest BCUT2D eigenvalue weighted by atomic mass is 9.88. The zero-order valence-corrected chi connectivity index (χ0v) is 67.6. The summed E-state index contributed by atoms with van der Waals surface area (Å²) in [7, 11) is 1.76. The molecule has 17 aromatic rings. The Kier molecular flexibility index (Phi) is 25.9. The molecule has 0 amide bonds. The van der Waals surface area contributed by atoms with E-state index in [0.29, 0.717) is 28.6 Å². The number of rotatable bonds is 16. The van der Waals surface area contributed by atoms with Crippen LogP contribution in [0.25, 0.3) is 137 Å². The van der Waals surface area contributed by atoms with Gasteiger partial charge in [-0.05, 0) is 150 Å². The van der Waals surface area contributed by atoms with Crippen molar-refractivity contribution in [2.24, 2.45) is 0 Å². The smallest absolute Gasteiger partial charge is 0.318 e. The quantitative estimate of drug-likeness (QED) is 0.0131. The number of hydrogen-bond donors (Lipinski definition) is 6. The molecule has 20 heteroatoms. The summed E-state index contributed by atoms with van der Waals surface area (Å²) in [6.45, 7) is 6.30. The van der Waals surface area contributed by atoms with Gasteiger partial charge in [0.05, 0.1) is 101 Å². The van der Waals surface area contributed by atoms with Crippen molar-refractivity contribution in [2.45, 2.75) is 67.3 Å². The first-order chi connectivity index (χ1) is 55.8. The fourth-order valence-corrected chi connectivity index (χ4v) is 16.2. The number of benzene rings is 11. The van der Waals surface area contributed by atoms with Crippen LogP contribution in [0, 0.1) is 28.2 Å². The number of aromatic nitrogens is 3. The van der Waals surface area contributed by atoms with Crippen molar-refractivity contribution in [1.82, 2.24) is 0 Å². The molecule has 0 radical (unpaired) electrons. The Morgan fingerprint density at radius 1 is 0.376 bits per heavy atom. The molecule has 6 aromatic heterocycles. The molecule has 0 spiro atoms. The lowest BCUT2D eigenvalue weighted by Gasteiger charge is -2.17. The first-order valence-electron chi connectivity index (χ1n) is 37.2. The largest absolute Gasteiger partial charge is 1.00 e. The predicted molar refractivity (Wildman–Crippen MR) is 455 cm³/mol. The van der Waals surface area contributed by atoms with Crippen LogP contribution in [0.5, 0.6) is 23.0 Å². The van der Waals surface area contributed by atoms with Gasteiger partial charge in [0.2, 0.25) is 16.6 Å². The van der Waals surface area contributed by atoms with Crippen molar-refractivity contribution >= 4 is 97.6 Å². The number of pyridine rings is 6. The van der Waals surface area contributed by atoms with Crippen LogP contribution in [-0.4, -0.2) is 78.0 Å². The monoisotopic (exact) mass is 1600 g/mol. The summed E-state index contributed by atoms with van der Waals surface area (Å²) >= 11 is 0. The third kappa shape index (κ3) is 16.5. The van der Waals surface area contributed by atoms with E-state index in [1.54, 1.807) is 28.4 Å². The molecule has 6 N–H and O–H groups in total. The van der Waals surface area contributed by atoms with Crippen molar-refractivity contribution in [3.8, 4) is 78.6 Å². The first-order valence-corrected chi connectivity index (χ1v) is 38.6.